The molecule has 3 nitrogen and oxygen atoms in total. The summed E-state index contributed by atoms with van der Waals surface area (Å²) in [5, 5.41) is 7.36. The van der Waals surface area contributed by atoms with Crippen molar-refractivity contribution >= 4 is 27.5 Å². The number of rotatable bonds is 8. The number of hydrogen-bond acceptors (Lipinski definition) is 3. The summed E-state index contributed by atoms with van der Waals surface area (Å²) in [7, 11) is 0. The van der Waals surface area contributed by atoms with Gasteiger partial charge in [-0.2, -0.15) is 0 Å². The Bertz CT molecular complexity index is 571. The molecule has 21 heavy (non-hydrogen) atoms. The summed E-state index contributed by atoms with van der Waals surface area (Å²) in [6, 6.07) is 9.75. The van der Waals surface area contributed by atoms with Crippen LogP contribution < -0.4 is 10.6 Å². The fraction of sp³-hybridized carbons (Fsp3) is 0.375. The Labute approximate surface area is 139 Å². The van der Waals surface area contributed by atoms with E-state index in [2.05, 4.69) is 33.5 Å². The van der Waals surface area contributed by atoms with E-state index in [0.717, 1.165) is 54.2 Å². The Morgan fingerprint density at radius 1 is 1.14 bits per heavy atom. The van der Waals surface area contributed by atoms with Gasteiger partial charge in [0.2, 0.25) is 0 Å². The average molecular weight is 372 g/mol. The van der Waals surface area contributed by atoms with Crippen molar-refractivity contribution in [3.8, 4) is 11.3 Å². The normalized spacial score (nSPS) is 11.0. The fourth-order valence-corrected chi connectivity index (χ4v) is 2.80. The summed E-state index contributed by atoms with van der Waals surface area (Å²) in [5.74, 6) is 1.73. The Balaban J connectivity index is 1.86. The van der Waals surface area contributed by atoms with E-state index in [1.54, 1.807) is 0 Å². The quantitative estimate of drug-likeness (QED) is 0.673. The van der Waals surface area contributed by atoms with Crippen molar-refractivity contribution in [2.24, 2.45) is 0 Å². The molecule has 1 aromatic carbocycles. The van der Waals surface area contributed by atoms with Crippen LogP contribution in [0.5, 0.6) is 0 Å². The van der Waals surface area contributed by atoms with E-state index in [0.29, 0.717) is 5.02 Å². The molecule has 1 aromatic heterocycles. The topological polar surface area (TPSA) is 37.2 Å². The molecule has 0 fully saturated rings. The summed E-state index contributed by atoms with van der Waals surface area (Å²) in [4.78, 5) is 0. The van der Waals surface area contributed by atoms with Crippen molar-refractivity contribution in [1.82, 2.24) is 10.6 Å². The van der Waals surface area contributed by atoms with Crippen molar-refractivity contribution in [1.29, 1.82) is 0 Å². The van der Waals surface area contributed by atoms with Gasteiger partial charge < -0.3 is 15.1 Å². The van der Waals surface area contributed by atoms with Crippen molar-refractivity contribution in [2.45, 2.75) is 19.9 Å². The van der Waals surface area contributed by atoms with E-state index in [1.807, 2.05) is 30.3 Å². The summed E-state index contributed by atoms with van der Waals surface area (Å²) in [6.07, 6.45) is 1.11. The lowest BCUT2D eigenvalue weighted by molar-refractivity contribution is 0.488. The molecule has 2 aromatic rings. The molecular formula is C16H20BrClN2O. The van der Waals surface area contributed by atoms with Crippen LogP contribution in [0.1, 0.15) is 19.1 Å². The zero-order valence-electron chi connectivity index (χ0n) is 12.1. The highest BCUT2D eigenvalue weighted by Gasteiger charge is 2.08. The third-order valence-electron chi connectivity index (χ3n) is 3.11. The van der Waals surface area contributed by atoms with Crippen LogP contribution in [0.3, 0.4) is 0 Å². The molecule has 5 heteroatoms. The van der Waals surface area contributed by atoms with Gasteiger partial charge in [-0.3, -0.25) is 0 Å². The van der Waals surface area contributed by atoms with Gasteiger partial charge in [-0.25, -0.2) is 0 Å². The first-order chi connectivity index (χ1) is 10.2. The van der Waals surface area contributed by atoms with Gasteiger partial charge >= 0.3 is 0 Å². The molecule has 0 saturated heterocycles. The molecule has 2 N–H and O–H groups in total. The number of benzene rings is 1. The minimum Gasteiger partial charge on any atom is -0.460 e. The molecule has 0 aliphatic rings. The van der Waals surface area contributed by atoms with E-state index in [1.165, 1.54) is 0 Å². The van der Waals surface area contributed by atoms with E-state index in [9.17, 15) is 0 Å². The highest BCUT2D eigenvalue weighted by Crippen LogP contribution is 2.31. The van der Waals surface area contributed by atoms with Gasteiger partial charge in [0.25, 0.3) is 0 Å². The zero-order chi connectivity index (χ0) is 15.1. The first-order valence-corrected chi connectivity index (χ1v) is 8.33. The third-order valence-corrected chi connectivity index (χ3v) is 3.92. The molecule has 0 aliphatic carbocycles. The first-order valence-electron chi connectivity index (χ1n) is 7.16. The number of nitrogens with one attached hydrogen (secondary N) is 2. The largest absolute Gasteiger partial charge is 0.460 e. The van der Waals surface area contributed by atoms with Crippen LogP contribution in [-0.4, -0.2) is 19.6 Å². The van der Waals surface area contributed by atoms with Gasteiger partial charge in [-0.05, 0) is 56.4 Å². The second kappa shape index (κ2) is 8.59. The molecule has 1 heterocycles. The molecule has 0 unspecified atom stereocenters. The molecule has 0 atom stereocenters. The molecule has 0 spiro atoms. The van der Waals surface area contributed by atoms with Crippen LogP contribution >= 0.6 is 27.5 Å². The van der Waals surface area contributed by atoms with E-state index < -0.39 is 0 Å². The average Bonchev–Trinajstić information content (AvgIpc) is 2.91. The molecule has 0 bridgehead atoms. The van der Waals surface area contributed by atoms with Crippen LogP contribution in [0.4, 0.5) is 0 Å². The van der Waals surface area contributed by atoms with Gasteiger partial charge in [0.15, 0.2) is 0 Å². The molecule has 2 rings (SSSR count). The van der Waals surface area contributed by atoms with Crippen LogP contribution in [0.2, 0.25) is 5.02 Å². The van der Waals surface area contributed by atoms with Crippen LogP contribution in [0, 0.1) is 0 Å². The van der Waals surface area contributed by atoms with Gasteiger partial charge in [0.1, 0.15) is 11.5 Å². The zero-order valence-corrected chi connectivity index (χ0v) is 14.4. The Hall–Kier alpha value is -0.810. The maximum Gasteiger partial charge on any atom is 0.135 e. The lowest BCUT2D eigenvalue weighted by Gasteiger charge is -2.04. The maximum atomic E-state index is 6.24. The minimum atomic E-state index is 0.684. The summed E-state index contributed by atoms with van der Waals surface area (Å²) >= 11 is 9.64. The minimum absolute atomic E-state index is 0.684. The van der Waals surface area contributed by atoms with Gasteiger partial charge in [-0.1, -0.05) is 34.5 Å². The second-order valence-corrected chi connectivity index (χ2v) is 6.10. The van der Waals surface area contributed by atoms with Crippen LogP contribution in [-0.2, 0) is 6.54 Å². The van der Waals surface area contributed by atoms with Gasteiger partial charge in [-0.15, -0.1) is 0 Å². The van der Waals surface area contributed by atoms with Crippen molar-refractivity contribution in [2.75, 3.05) is 19.6 Å². The Kier molecular flexibility index (Phi) is 6.77. The Morgan fingerprint density at radius 2 is 1.95 bits per heavy atom. The van der Waals surface area contributed by atoms with Crippen molar-refractivity contribution in [3.05, 3.63) is 45.6 Å². The second-order valence-electron chi connectivity index (χ2n) is 4.77. The number of hydrogen-bond donors (Lipinski definition) is 2. The number of halogens is 2. The van der Waals surface area contributed by atoms with Crippen molar-refractivity contribution < 1.29 is 4.42 Å². The smallest absolute Gasteiger partial charge is 0.135 e. The highest BCUT2D eigenvalue weighted by molar-refractivity contribution is 9.10. The number of furan rings is 1. The molecule has 0 radical (unpaired) electrons. The Morgan fingerprint density at radius 3 is 2.71 bits per heavy atom. The molecule has 0 saturated carbocycles. The van der Waals surface area contributed by atoms with E-state index >= 15 is 0 Å². The molecule has 0 amide bonds. The monoisotopic (exact) mass is 370 g/mol. The SMILES string of the molecule is CCNCCCNCc1ccc(-c2ccc(Br)cc2Cl)o1. The first kappa shape index (κ1) is 16.6. The van der Waals surface area contributed by atoms with Crippen molar-refractivity contribution in [3.63, 3.8) is 0 Å². The van der Waals surface area contributed by atoms with Gasteiger partial charge in [0, 0.05) is 10.0 Å². The van der Waals surface area contributed by atoms with Crippen LogP contribution in [0.25, 0.3) is 11.3 Å². The lowest BCUT2D eigenvalue weighted by atomic mass is 10.2. The third kappa shape index (κ3) is 5.15. The van der Waals surface area contributed by atoms with E-state index in [4.69, 9.17) is 16.0 Å². The predicted octanol–water partition coefficient (Wildman–Crippen LogP) is 4.45. The van der Waals surface area contributed by atoms with Crippen LogP contribution in [0.15, 0.2) is 39.2 Å². The highest BCUT2D eigenvalue weighted by atomic mass is 79.9. The summed E-state index contributed by atoms with van der Waals surface area (Å²) < 4.78 is 6.80. The summed E-state index contributed by atoms with van der Waals surface area (Å²) in [5.41, 5.74) is 0.915. The fourth-order valence-electron chi connectivity index (χ4n) is 2.03. The van der Waals surface area contributed by atoms with E-state index in [-0.39, 0.29) is 0 Å². The standard InChI is InChI=1S/C16H20BrClN2O/c1-2-19-8-3-9-20-11-13-5-7-16(21-13)14-6-4-12(17)10-15(14)18/h4-7,10,19-20H,2-3,8-9,11H2,1H3. The molecular weight excluding hydrogens is 352 g/mol. The van der Waals surface area contributed by atoms with Gasteiger partial charge in [0.05, 0.1) is 11.6 Å². The molecule has 114 valence electrons. The lowest BCUT2D eigenvalue weighted by Crippen LogP contribution is -2.21. The maximum absolute atomic E-state index is 6.24. The molecule has 0 aliphatic heterocycles. The predicted molar refractivity (Wildman–Crippen MR) is 91.7 cm³/mol. The summed E-state index contributed by atoms with van der Waals surface area (Å²) in [6.45, 7) is 5.89.